The average molecular weight is 641 g/mol. The van der Waals surface area contributed by atoms with Crippen molar-refractivity contribution >= 4 is 17.1 Å². The van der Waals surface area contributed by atoms with Crippen molar-refractivity contribution in [3.05, 3.63) is 89.5 Å². The molecular formula is C43H68N4. The fourth-order valence-corrected chi connectivity index (χ4v) is 7.75. The Balaban J connectivity index is 2.71. The Morgan fingerprint density at radius 1 is 0.383 bits per heavy atom. The molecule has 47 heavy (non-hydrogen) atoms. The van der Waals surface area contributed by atoms with E-state index in [2.05, 4.69) is 148 Å². The summed E-state index contributed by atoms with van der Waals surface area (Å²) in [5, 5.41) is 0. The normalized spacial score (nSPS) is 11.7. The Hall–Kier alpha value is -2.98. The Kier molecular flexibility index (Phi) is 16.7. The highest BCUT2D eigenvalue weighted by molar-refractivity contribution is 5.89. The molecule has 3 rings (SSSR count). The van der Waals surface area contributed by atoms with Crippen molar-refractivity contribution in [1.29, 1.82) is 0 Å². The molecule has 0 N–H and O–H groups in total. The zero-order chi connectivity index (χ0) is 34.1. The van der Waals surface area contributed by atoms with Crippen molar-refractivity contribution in [3.63, 3.8) is 0 Å². The summed E-state index contributed by atoms with van der Waals surface area (Å²) in [6.07, 6.45) is 9.00. The highest BCUT2D eigenvalue weighted by Gasteiger charge is 2.45. The summed E-state index contributed by atoms with van der Waals surface area (Å²) in [6, 6.07) is 28.0. The highest BCUT2D eigenvalue weighted by atomic mass is 15.3. The maximum atomic E-state index is 2.82. The van der Waals surface area contributed by atoms with Gasteiger partial charge >= 0.3 is 0 Å². The quantitative estimate of drug-likeness (QED) is 0.0956. The molecule has 0 aromatic heterocycles. The SMILES string of the molecule is CCCN(CCC)c1ccc(C(c2ccccc2)(c2ccccc2)N(CCC)CCC)c(N(CCC)CCC)c1N(CCC)CCC. The molecule has 0 saturated heterocycles. The number of benzene rings is 3. The Labute approximate surface area is 290 Å². The van der Waals surface area contributed by atoms with Gasteiger partial charge < -0.3 is 14.7 Å². The van der Waals surface area contributed by atoms with Crippen LogP contribution >= 0.6 is 0 Å². The number of hydrogen-bond acceptors (Lipinski definition) is 4. The molecule has 0 aliphatic rings. The lowest BCUT2D eigenvalue weighted by atomic mass is 9.73. The number of nitrogens with zero attached hydrogens (tertiary/aromatic N) is 4. The summed E-state index contributed by atoms with van der Waals surface area (Å²) in [6.45, 7) is 27.2. The zero-order valence-corrected chi connectivity index (χ0v) is 31.5. The van der Waals surface area contributed by atoms with Gasteiger partial charge in [0.25, 0.3) is 0 Å². The molecule has 0 unspecified atom stereocenters. The van der Waals surface area contributed by atoms with Gasteiger partial charge in [-0.3, -0.25) is 4.90 Å². The van der Waals surface area contributed by atoms with Crippen LogP contribution in [0.4, 0.5) is 17.1 Å². The van der Waals surface area contributed by atoms with Crippen LogP contribution < -0.4 is 14.7 Å². The third-order valence-corrected chi connectivity index (χ3v) is 9.30. The van der Waals surface area contributed by atoms with E-state index >= 15 is 0 Å². The van der Waals surface area contributed by atoms with Crippen LogP contribution in [0.1, 0.15) is 123 Å². The molecule has 260 valence electrons. The molecule has 0 spiro atoms. The molecule has 0 bridgehead atoms. The molecule has 3 aromatic rings. The van der Waals surface area contributed by atoms with Crippen molar-refractivity contribution in [2.24, 2.45) is 0 Å². The van der Waals surface area contributed by atoms with E-state index in [0.717, 1.165) is 104 Å². The topological polar surface area (TPSA) is 13.0 Å². The first-order valence-corrected chi connectivity index (χ1v) is 19.3. The standard InChI is InChI=1S/C43H68N4/c1-9-29-44(30-10-2)40-28-27-39(41(45(31-11-3)32-12-4)42(40)46(33-13-5)34-14-6)43(37-23-19-17-20-24-37,38-25-21-18-22-26-38)47(35-15-7)36-16-8/h17-28H,9-16,29-36H2,1-8H3. The van der Waals surface area contributed by atoms with Crippen LogP contribution in [0.15, 0.2) is 72.8 Å². The molecule has 0 amide bonds. The van der Waals surface area contributed by atoms with Crippen molar-refractivity contribution in [3.8, 4) is 0 Å². The van der Waals surface area contributed by atoms with Gasteiger partial charge in [-0.05, 0) is 81.6 Å². The summed E-state index contributed by atoms with van der Waals surface area (Å²) in [5.41, 5.74) is 8.03. The smallest absolute Gasteiger partial charge is 0.0993 e. The molecule has 3 aromatic carbocycles. The van der Waals surface area contributed by atoms with Crippen LogP contribution in [0, 0.1) is 0 Å². The van der Waals surface area contributed by atoms with E-state index < -0.39 is 5.54 Å². The number of anilines is 3. The van der Waals surface area contributed by atoms with E-state index in [1.165, 1.54) is 33.8 Å². The lowest BCUT2D eigenvalue weighted by Crippen LogP contribution is -2.50. The van der Waals surface area contributed by atoms with Gasteiger partial charge in [-0.2, -0.15) is 0 Å². The third kappa shape index (κ3) is 8.93. The molecule has 0 saturated carbocycles. The highest BCUT2D eigenvalue weighted by Crippen LogP contribution is 2.52. The van der Waals surface area contributed by atoms with Gasteiger partial charge in [-0.25, -0.2) is 0 Å². The summed E-state index contributed by atoms with van der Waals surface area (Å²) in [5.74, 6) is 0. The van der Waals surface area contributed by atoms with Crippen molar-refractivity contribution in [2.45, 2.75) is 112 Å². The lowest BCUT2D eigenvalue weighted by molar-refractivity contribution is 0.157. The van der Waals surface area contributed by atoms with Gasteiger partial charge in [0.05, 0.1) is 22.6 Å². The molecule has 0 heterocycles. The summed E-state index contributed by atoms with van der Waals surface area (Å²) < 4.78 is 0. The second kappa shape index (κ2) is 20.4. The van der Waals surface area contributed by atoms with E-state index in [0.29, 0.717) is 0 Å². The Morgan fingerprint density at radius 3 is 1.13 bits per heavy atom. The fourth-order valence-electron chi connectivity index (χ4n) is 7.75. The second-order valence-corrected chi connectivity index (χ2v) is 13.2. The third-order valence-electron chi connectivity index (χ3n) is 9.30. The summed E-state index contributed by atoms with van der Waals surface area (Å²) in [4.78, 5) is 11.0. The van der Waals surface area contributed by atoms with E-state index in [-0.39, 0.29) is 0 Å². The number of rotatable bonds is 23. The predicted molar refractivity (Wildman–Crippen MR) is 210 cm³/mol. The number of hydrogen-bond donors (Lipinski definition) is 0. The van der Waals surface area contributed by atoms with E-state index in [1.807, 2.05) is 0 Å². The Bertz CT molecular complexity index is 1190. The zero-order valence-electron chi connectivity index (χ0n) is 31.5. The molecule has 0 aliphatic heterocycles. The summed E-state index contributed by atoms with van der Waals surface area (Å²) >= 11 is 0. The lowest BCUT2D eigenvalue weighted by Gasteiger charge is -2.49. The van der Waals surface area contributed by atoms with Crippen LogP contribution in [0.5, 0.6) is 0 Å². The summed E-state index contributed by atoms with van der Waals surface area (Å²) in [7, 11) is 0. The molecule has 0 radical (unpaired) electrons. The van der Waals surface area contributed by atoms with Crippen LogP contribution in [0.25, 0.3) is 0 Å². The first-order valence-electron chi connectivity index (χ1n) is 19.3. The van der Waals surface area contributed by atoms with E-state index in [9.17, 15) is 0 Å². The Morgan fingerprint density at radius 2 is 0.745 bits per heavy atom. The minimum absolute atomic E-state index is 0.443. The van der Waals surface area contributed by atoms with Crippen molar-refractivity contribution < 1.29 is 0 Å². The maximum Gasteiger partial charge on any atom is 0.0993 e. The monoisotopic (exact) mass is 641 g/mol. The molecule has 0 atom stereocenters. The second-order valence-electron chi connectivity index (χ2n) is 13.2. The van der Waals surface area contributed by atoms with Gasteiger partial charge in [-0.15, -0.1) is 0 Å². The molecular weight excluding hydrogens is 573 g/mol. The molecule has 0 fully saturated rings. The molecule has 0 aliphatic carbocycles. The van der Waals surface area contributed by atoms with Crippen LogP contribution in [0.2, 0.25) is 0 Å². The van der Waals surface area contributed by atoms with E-state index in [1.54, 1.807) is 0 Å². The minimum Gasteiger partial charge on any atom is -0.370 e. The predicted octanol–water partition coefficient (Wildman–Crippen LogP) is 11.0. The van der Waals surface area contributed by atoms with Gasteiger partial charge in [0.15, 0.2) is 0 Å². The average Bonchev–Trinajstić information content (AvgIpc) is 3.09. The molecule has 4 heteroatoms. The maximum absolute atomic E-state index is 2.82. The first kappa shape index (κ1) is 38.5. The van der Waals surface area contributed by atoms with Gasteiger partial charge in [0.2, 0.25) is 0 Å². The van der Waals surface area contributed by atoms with Crippen LogP contribution in [0.3, 0.4) is 0 Å². The van der Waals surface area contributed by atoms with Crippen molar-refractivity contribution in [1.82, 2.24) is 4.90 Å². The van der Waals surface area contributed by atoms with Crippen LogP contribution in [-0.4, -0.2) is 57.3 Å². The largest absolute Gasteiger partial charge is 0.370 e. The van der Waals surface area contributed by atoms with Crippen LogP contribution in [-0.2, 0) is 5.54 Å². The van der Waals surface area contributed by atoms with Gasteiger partial charge in [-0.1, -0.05) is 122 Å². The van der Waals surface area contributed by atoms with Gasteiger partial charge in [0, 0.05) is 44.8 Å². The first-order chi connectivity index (χ1) is 23.0. The van der Waals surface area contributed by atoms with Crippen molar-refractivity contribution in [2.75, 3.05) is 67.1 Å². The minimum atomic E-state index is -0.443. The van der Waals surface area contributed by atoms with Gasteiger partial charge in [0.1, 0.15) is 0 Å². The molecule has 4 nitrogen and oxygen atoms in total. The fraction of sp³-hybridized carbons (Fsp3) is 0.581. The van der Waals surface area contributed by atoms with E-state index in [4.69, 9.17) is 0 Å².